The summed E-state index contributed by atoms with van der Waals surface area (Å²) in [6.07, 6.45) is 1.07. The Labute approximate surface area is 98.6 Å². The van der Waals surface area contributed by atoms with Gasteiger partial charge in [-0.25, -0.2) is 8.78 Å². The molecule has 1 saturated heterocycles. The summed E-state index contributed by atoms with van der Waals surface area (Å²) in [6.45, 7) is 2.08. The third kappa shape index (κ3) is 2.55. The zero-order valence-corrected chi connectivity index (χ0v) is 9.99. The largest absolute Gasteiger partial charge is 0.307 e. The SMILES string of the molecule is CC1CCSCC(c2cccc(F)c2F)N1. The molecular formula is C12H15F2NS. The Kier molecular flexibility index (Phi) is 3.82. The molecular weight excluding hydrogens is 228 g/mol. The molecule has 1 aromatic rings. The molecule has 1 nitrogen and oxygen atoms in total. The van der Waals surface area contributed by atoms with E-state index in [1.807, 2.05) is 0 Å². The first-order chi connectivity index (χ1) is 7.68. The average Bonchev–Trinajstić information content (AvgIpc) is 2.47. The third-order valence-electron chi connectivity index (χ3n) is 2.82. The first-order valence-electron chi connectivity index (χ1n) is 5.46. The summed E-state index contributed by atoms with van der Waals surface area (Å²) in [7, 11) is 0. The number of halogens is 2. The van der Waals surface area contributed by atoms with Crippen LogP contribution in [0.15, 0.2) is 18.2 Å². The molecule has 0 aromatic heterocycles. The highest BCUT2D eigenvalue weighted by Crippen LogP contribution is 2.26. The van der Waals surface area contributed by atoms with Gasteiger partial charge in [0.1, 0.15) is 0 Å². The Morgan fingerprint density at radius 2 is 2.19 bits per heavy atom. The Morgan fingerprint density at radius 3 is 3.00 bits per heavy atom. The quantitative estimate of drug-likeness (QED) is 0.813. The van der Waals surface area contributed by atoms with Crippen LogP contribution in [0.3, 0.4) is 0 Å². The van der Waals surface area contributed by atoms with E-state index in [2.05, 4.69) is 12.2 Å². The predicted molar refractivity (Wildman–Crippen MR) is 63.6 cm³/mol. The van der Waals surface area contributed by atoms with Crippen molar-refractivity contribution in [3.63, 3.8) is 0 Å². The molecule has 1 fully saturated rings. The van der Waals surface area contributed by atoms with Gasteiger partial charge < -0.3 is 5.32 Å². The van der Waals surface area contributed by atoms with Gasteiger partial charge in [-0.05, 0) is 25.2 Å². The van der Waals surface area contributed by atoms with E-state index in [4.69, 9.17) is 0 Å². The lowest BCUT2D eigenvalue weighted by molar-refractivity contribution is 0.447. The molecule has 16 heavy (non-hydrogen) atoms. The fraction of sp³-hybridized carbons (Fsp3) is 0.500. The highest BCUT2D eigenvalue weighted by Gasteiger charge is 2.22. The zero-order chi connectivity index (χ0) is 11.5. The highest BCUT2D eigenvalue weighted by atomic mass is 32.2. The Morgan fingerprint density at radius 1 is 1.38 bits per heavy atom. The van der Waals surface area contributed by atoms with Crippen LogP contribution in [0.2, 0.25) is 0 Å². The minimum absolute atomic E-state index is 0.0850. The molecule has 1 N–H and O–H groups in total. The molecule has 1 heterocycles. The van der Waals surface area contributed by atoms with Crippen molar-refractivity contribution in [2.75, 3.05) is 11.5 Å². The van der Waals surface area contributed by atoms with E-state index < -0.39 is 11.6 Å². The van der Waals surface area contributed by atoms with Gasteiger partial charge in [0.2, 0.25) is 0 Å². The lowest BCUT2D eigenvalue weighted by Crippen LogP contribution is -2.30. The lowest BCUT2D eigenvalue weighted by Gasteiger charge is -2.20. The predicted octanol–water partition coefficient (Wildman–Crippen LogP) is 3.12. The second-order valence-corrected chi connectivity index (χ2v) is 5.28. The molecule has 4 heteroatoms. The monoisotopic (exact) mass is 243 g/mol. The highest BCUT2D eigenvalue weighted by molar-refractivity contribution is 7.99. The van der Waals surface area contributed by atoms with Gasteiger partial charge in [-0.1, -0.05) is 12.1 Å². The van der Waals surface area contributed by atoms with Crippen LogP contribution >= 0.6 is 11.8 Å². The van der Waals surface area contributed by atoms with E-state index in [-0.39, 0.29) is 6.04 Å². The standard InChI is InChI=1S/C12H15F2NS/c1-8-5-6-16-7-11(15-8)9-3-2-4-10(13)12(9)14/h2-4,8,11,15H,5-7H2,1H3. The minimum Gasteiger partial charge on any atom is -0.307 e. The van der Waals surface area contributed by atoms with Gasteiger partial charge in [0.05, 0.1) is 0 Å². The fourth-order valence-electron chi connectivity index (χ4n) is 1.91. The number of benzene rings is 1. The Hall–Kier alpha value is -0.610. The van der Waals surface area contributed by atoms with E-state index in [1.54, 1.807) is 23.9 Å². The molecule has 0 spiro atoms. The van der Waals surface area contributed by atoms with Gasteiger partial charge in [0.25, 0.3) is 0 Å². The topological polar surface area (TPSA) is 12.0 Å². The van der Waals surface area contributed by atoms with Gasteiger partial charge >= 0.3 is 0 Å². The normalized spacial score (nSPS) is 26.4. The van der Waals surface area contributed by atoms with Crippen LogP contribution < -0.4 is 5.32 Å². The second kappa shape index (κ2) is 5.15. The van der Waals surface area contributed by atoms with Crippen molar-refractivity contribution in [3.8, 4) is 0 Å². The smallest absolute Gasteiger partial charge is 0.163 e. The molecule has 88 valence electrons. The summed E-state index contributed by atoms with van der Waals surface area (Å²) in [5.41, 5.74) is 0.446. The molecule has 2 rings (SSSR count). The van der Waals surface area contributed by atoms with Crippen LogP contribution in [0.4, 0.5) is 8.78 Å². The van der Waals surface area contributed by atoms with Crippen LogP contribution in [-0.4, -0.2) is 17.5 Å². The van der Waals surface area contributed by atoms with E-state index in [1.165, 1.54) is 0 Å². The summed E-state index contributed by atoms with van der Waals surface area (Å²) >= 11 is 1.79. The van der Waals surface area contributed by atoms with Gasteiger partial charge in [-0.15, -0.1) is 0 Å². The molecule has 1 aliphatic rings. The van der Waals surface area contributed by atoms with Crippen molar-refractivity contribution in [1.82, 2.24) is 5.32 Å². The Bertz CT molecular complexity index is 370. The van der Waals surface area contributed by atoms with Crippen LogP contribution in [0.25, 0.3) is 0 Å². The molecule has 0 aliphatic carbocycles. The van der Waals surface area contributed by atoms with Gasteiger partial charge in [0.15, 0.2) is 11.6 Å². The van der Waals surface area contributed by atoms with Crippen LogP contribution in [0.5, 0.6) is 0 Å². The Balaban J connectivity index is 2.24. The number of hydrogen-bond acceptors (Lipinski definition) is 2. The van der Waals surface area contributed by atoms with Crippen molar-refractivity contribution < 1.29 is 8.78 Å². The number of nitrogens with one attached hydrogen (secondary N) is 1. The first kappa shape index (κ1) is 11.9. The minimum atomic E-state index is -0.763. The molecule has 1 aromatic carbocycles. The summed E-state index contributed by atoms with van der Waals surface area (Å²) in [6, 6.07) is 4.65. The van der Waals surface area contributed by atoms with Crippen LogP contribution in [0.1, 0.15) is 24.9 Å². The van der Waals surface area contributed by atoms with Crippen LogP contribution in [0, 0.1) is 11.6 Å². The van der Waals surface area contributed by atoms with Gasteiger partial charge in [-0.3, -0.25) is 0 Å². The van der Waals surface area contributed by atoms with Crippen molar-refractivity contribution in [1.29, 1.82) is 0 Å². The second-order valence-electron chi connectivity index (χ2n) is 4.13. The van der Waals surface area contributed by atoms with Crippen molar-refractivity contribution in [2.24, 2.45) is 0 Å². The van der Waals surface area contributed by atoms with E-state index in [0.717, 1.165) is 24.0 Å². The molecule has 2 atom stereocenters. The van der Waals surface area contributed by atoms with Crippen molar-refractivity contribution >= 4 is 11.8 Å². The fourth-order valence-corrected chi connectivity index (χ4v) is 3.10. The first-order valence-corrected chi connectivity index (χ1v) is 6.61. The maximum Gasteiger partial charge on any atom is 0.163 e. The van der Waals surface area contributed by atoms with E-state index >= 15 is 0 Å². The maximum absolute atomic E-state index is 13.6. The molecule has 2 unspecified atom stereocenters. The average molecular weight is 243 g/mol. The van der Waals surface area contributed by atoms with Crippen molar-refractivity contribution in [2.45, 2.75) is 25.4 Å². The summed E-state index contributed by atoms with van der Waals surface area (Å²) < 4.78 is 26.7. The van der Waals surface area contributed by atoms with E-state index in [9.17, 15) is 8.78 Å². The molecule has 0 amide bonds. The van der Waals surface area contributed by atoms with Gasteiger partial charge in [0, 0.05) is 23.4 Å². The lowest BCUT2D eigenvalue weighted by atomic mass is 10.1. The maximum atomic E-state index is 13.6. The van der Waals surface area contributed by atoms with E-state index in [0.29, 0.717) is 11.6 Å². The molecule has 0 radical (unpaired) electrons. The third-order valence-corrected chi connectivity index (χ3v) is 3.92. The molecule has 0 bridgehead atoms. The van der Waals surface area contributed by atoms with Crippen molar-refractivity contribution in [3.05, 3.63) is 35.4 Å². The zero-order valence-electron chi connectivity index (χ0n) is 9.17. The summed E-state index contributed by atoms with van der Waals surface area (Å²) in [5.74, 6) is 0.391. The molecule has 1 aliphatic heterocycles. The number of thioether (sulfide) groups is 1. The number of rotatable bonds is 1. The summed E-state index contributed by atoms with van der Waals surface area (Å²) in [4.78, 5) is 0. The molecule has 0 saturated carbocycles. The van der Waals surface area contributed by atoms with Crippen LogP contribution in [-0.2, 0) is 0 Å². The summed E-state index contributed by atoms with van der Waals surface area (Å²) in [5, 5.41) is 3.34. The van der Waals surface area contributed by atoms with Gasteiger partial charge in [-0.2, -0.15) is 11.8 Å². The number of hydrogen-bond donors (Lipinski definition) is 1.